The van der Waals surface area contributed by atoms with Gasteiger partial charge in [0, 0.05) is 36.1 Å². The van der Waals surface area contributed by atoms with Crippen LogP contribution in [0, 0.1) is 0 Å². The zero-order chi connectivity index (χ0) is 19.9. The van der Waals surface area contributed by atoms with Crippen LogP contribution in [0.4, 0.5) is 14.6 Å². The maximum absolute atomic E-state index is 13.0. The van der Waals surface area contributed by atoms with Crippen LogP contribution in [0.1, 0.15) is 15.9 Å². The van der Waals surface area contributed by atoms with E-state index in [0.29, 0.717) is 39.2 Å². The van der Waals surface area contributed by atoms with Crippen LogP contribution in [0.3, 0.4) is 0 Å². The molecule has 3 aromatic rings. The summed E-state index contributed by atoms with van der Waals surface area (Å²) in [7, 11) is 1.63. The zero-order valence-electron chi connectivity index (χ0n) is 14.9. The van der Waals surface area contributed by atoms with Gasteiger partial charge in [0.25, 0.3) is 11.8 Å². The van der Waals surface area contributed by atoms with E-state index in [1.54, 1.807) is 49.9 Å². The van der Waals surface area contributed by atoms with Gasteiger partial charge in [0.05, 0.1) is 36.0 Å². The summed E-state index contributed by atoms with van der Waals surface area (Å²) >= 11 is 0. The molecule has 9 heteroatoms. The summed E-state index contributed by atoms with van der Waals surface area (Å²) in [5.41, 5.74) is 9.10. The van der Waals surface area contributed by atoms with Gasteiger partial charge in [-0.05, 0) is 24.3 Å². The molecule has 0 aliphatic carbocycles. The molecule has 7 nitrogen and oxygen atoms in total. The number of carbonyl (C=O) groups excluding carboxylic acids is 1. The van der Waals surface area contributed by atoms with Crippen LogP contribution >= 0.6 is 0 Å². The van der Waals surface area contributed by atoms with Crippen molar-refractivity contribution >= 4 is 29.0 Å². The second kappa shape index (κ2) is 6.59. The fraction of sp³-hybridized carbons (Fsp3) is 0.211. The monoisotopic (exact) mass is 382 g/mol. The van der Waals surface area contributed by atoms with Gasteiger partial charge in [0.15, 0.2) is 0 Å². The van der Waals surface area contributed by atoms with Gasteiger partial charge < -0.3 is 10.6 Å². The van der Waals surface area contributed by atoms with Crippen LogP contribution in [0.5, 0.6) is 0 Å². The van der Waals surface area contributed by atoms with Crippen molar-refractivity contribution < 1.29 is 13.6 Å². The standard InChI is InChI=1S/C19H16F2N6O/c1-23-6-13-4-12(7-25-17(13)22)16-8-24-14-3-2-11(5-15(14)26-16)18(28)27-9-19(20,21)10-27/h2-8H,9-10H2,1H3,(H2,22,25). The van der Waals surface area contributed by atoms with Gasteiger partial charge in [0.2, 0.25) is 0 Å². The van der Waals surface area contributed by atoms with Crippen LogP contribution in [0.25, 0.3) is 22.3 Å². The predicted molar refractivity (Wildman–Crippen MR) is 102 cm³/mol. The van der Waals surface area contributed by atoms with Crippen LogP contribution in [-0.4, -0.2) is 58.0 Å². The summed E-state index contributed by atoms with van der Waals surface area (Å²) in [6.45, 7) is -1.12. The number of halogens is 2. The molecule has 1 saturated heterocycles. The zero-order valence-corrected chi connectivity index (χ0v) is 14.9. The Bertz CT molecular complexity index is 1110. The quantitative estimate of drug-likeness (QED) is 0.702. The van der Waals surface area contributed by atoms with Crippen molar-refractivity contribution in [3.8, 4) is 11.3 Å². The molecule has 142 valence electrons. The van der Waals surface area contributed by atoms with Gasteiger partial charge in [-0.1, -0.05) is 0 Å². The second-order valence-electron chi connectivity index (χ2n) is 6.56. The fourth-order valence-electron chi connectivity index (χ4n) is 3.00. The Labute approximate surface area is 159 Å². The highest BCUT2D eigenvalue weighted by Gasteiger charge is 2.46. The number of fused-ring (bicyclic) bond motifs is 1. The van der Waals surface area contributed by atoms with Crippen LogP contribution in [0.15, 0.2) is 41.7 Å². The van der Waals surface area contributed by atoms with Gasteiger partial charge in [-0.25, -0.2) is 18.7 Å². The highest BCUT2D eigenvalue weighted by atomic mass is 19.3. The van der Waals surface area contributed by atoms with Crippen LogP contribution in [0.2, 0.25) is 0 Å². The number of rotatable bonds is 3. The molecule has 3 heterocycles. The van der Waals surface area contributed by atoms with Crippen molar-refractivity contribution in [2.75, 3.05) is 25.9 Å². The highest BCUT2D eigenvalue weighted by Crippen LogP contribution is 2.29. The topological polar surface area (TPSA) is 97.4 Å². The lowest BCUT2D eigenvalue weighted by atomic mass is 10.1. The summed E-state index contributed by atoms with van der Waals surface area (Å²) in [5, 5.41) is 0. The fourth-order valence-corrected chi connectivity index (χ4v) is 3.00. The third-order valence-electron chi connectivity index (χ3n) is 4.43. The van der Waals surface area contributed by atoms with E-state index in [4.69, 9.17) is 5.73 Å². The molecule has 0 bridgehead atoms. The molecule has 0 saturated carbocycles. The average molecular weight is 382 g/mol. The Morgan fingerprint density at radius 3 is 2.71 bits per heavy atom. The molecule has 2 aromatic heterocycles. The van der Waals surface area contributed by atoms with E-state index in [9.17, 15) is 13.6 Å². The van der Waals surface area contributed by atoms with E-state index >= 15 is 0 Å². The molecule has 2 N–H and O–H groups in total. The maximum atomic E-state index is 13.0. The van der Waals surface area contributed by atoms with E-state index in [1.807, 2.05) is 0 Å². The summed E-state index contributed by atoms with van der Waals surface area (Å²) in [4.78, 5) is 30.5. The number of alkyl halides is 2. The van der Waals surface area contributed by atoms with Crippen molar-refractivity contribution in [2.45, 2.75) is 5.92 Å². The molecule has 4 rings (SSSR count). The number of hydrogen-bond donors (Lipinski definition) is 1. The Balaban J connectivity index is 1.69. The van der Waals surface area contributed by atoms with Crippen molar-refractivity contribution in [3.05, 3.63) is 47.8 Å². The first-order chi connectivity index (χ1) is 13.4. The van der Waals surface area contributed by atoms with Crippen LogP contribution in [-0.2, 0) is 0 Å². The number of pyridine rings is 1. The van der Waals surface area contributed by atoms with Gasteiger partial charge in [-0.15, -0.1) is 0 Å². The van der Waals surface area contributed by atoms with E-state index in [2.05, 4.69) is 19.9 Å². The molecule has 1 aromatic carbocycles. The number of hydrogen-bond acceptors (Lipinski definition) is 6. The SMILES string of the molecule is CN=Cc1cc(-c2cnc3ccc(C(=O)N4CC(F)(F)C4)cc3n2)cnc1N. The molecular formula is C19H16F2N6O. The Morgan fingerprint density at radius 2 is 2.00 bits per heavy atom. The number of nitrogen functional groups attached to an aromatic ring is 1. The lowest BCUT2D eigenvalue weighted by Gasteiger charge is -2.38. The molecule has 0 spiro atoms. The number of nitrogens with two attached hydrogens (primary N) is 1. The maximum Gasteiger partial charge on any atom is 0.282 e. The van der Waals surface area contributed by atoms with Gasteiger partial charge in [-0.2, -0.15) is 0 Å². The molecule has 1 aliphatic rings. The lowest BCUT2D eigenvalue weighted by molar-refractivity contribution is -0.113. The number of aliphatic imine (C=N–C) groups is 1. The third-order valence-corrected chi connectivity index (χ3v) is 4.43. The lowest BCUT2D eigenvalue weighted by Crippen LogP contribution is -2.58. The minimum absolute atomic E-state index is 0.295. The molecule has 1 aliphatic heterocycles. The molecule has 1 fully saturated rings. The summed E-state index contributed by atoms with van der Waals surface area (Å²) in [5.74, 6) is -2.90. The van der Waals surface area contributed by atoms with E-state index in [1.165, 1.54) is 0 Å². The number of benzene rings is 1. The number of anilines is 1. The molecule has 0 radical (unpaired) electrons. The van der Waals surface area contributed by atoms with E-state index < -0.39 is 24.9 Å². The number of likely N-dealkylation sites (tertiary alicyclic amines) is 1. The summed E-state index contributed by atoms with van der Waals surface area (Å²) < 4.78 is 26.1. The first-order valence-electron chi connectivity index (χ1n) is 8.48. The number of carbonyl (C=O) groups is 1. The third kappa shape index (κ3) is 3.26. The number of amides is 1. The van der Waals surface area contributed by atoms with Crippen molar-refractivity contribution in [1.82, 2.24) is 19.9 Å². The average Bonchev–Trinajstić information content (AvgIpc) is 2.66. The Hall–Kier alpha value is -3.49. The largest absolute Gasteiger partial charge is 0.383 e. The van der Waals surface area contributed by atoms with Crippen molar-refractivity contribution in [2.24, 2.45) is 4.99 Å². The summed E-state index contributed by atoms with van der Waals surface area (Å²) in [6, 6.07) is 6.57. The smallest absolute Gasteiger partial charge is 0.282 e. The van der Waals surface area contributed by atoms with Crippen molar-refractivity contribution in [3.63, 3.8) is 0 Å². The minimum Gasteiger partial charge on any atom is -0.383 e. The molecule has 0 atom stereocenters. The first kappa shape index (κ1) is 17.9. The summed E-state index contributed by atoms with van der Waals surface area (Å²) in [6.07, 6.45) is 4.77. The van der Waals surface area contributed by atoms with Crippen molar-refractivity contribution in [1.29, 1.82) is 0 Å². The minimum atomic E-state index is -2.80. The molecule has 28 heavy (non-hydrogen) atoms. The van der Waals surface area contributed by atoms with Gasteiger partial charge in [-0.3, -0.25) is 14.8 Å². The van der Waals surface area contributed by atoms with E-state index in [0.717, 1.165) is 4.90 Å². The molecular weight excluding hydrogens is 366 g/mol. The number of aromatic nitrogens is 3. The van der Waals surface area contributed by atoms with Gasteiger partial charge in [0.1, 0.15) is 5.82 Å². The normalized spacial score (nSPS) is 15.8. The van der Waals surface area contributed by atoms with Gasteiger partial charge >= 0.3 is 0 Å². The van der Waals surface area contributed by atoms with Crippen LogP contribution < -0.4 is 5.73 Å². The first-order valence-corrected chi connectivity index (χ1v) is 8.48. The number of nitrogens with zero attached hydrogens (tertiary/aromatic N) is 5. The Morgan fingerprint density at radius 1 is 1.21 bits per heavy atom. The highest BCUT2D eigenvalue weighted by molar-refractivity contribution is 5.98. The molecule has 1 amide bonds. The van der Waals surface area contributed by atoms with E-state index in [-0.39, 0.29) is 0 Å². The second-order valence-corrected chi connectivity index (χ2v) is 6.56. The Kier molecular flexibility index (Phi) is 4.21. The predicted octanol–water partition coefficient (Wildman–Crippen LogP) is 2.41. The molecule has 0 unspecified atom stereocenters.